The van der Waals surface area contributed by atoms with Crippen molar-refractivity contribution >= 4 is 5.91 Å². The highest BCUT2D eigenvalue weighted by Gasteiger charge is 2.02. The van der Waals surface area contributed by atoms with Crippen LogP contribution in [0.4, 0.5) is 0 Å². The molecule has 2 aromatic rings. The molecule has 0 aromatic heterocycles. The third-order valence-corrected chi connectivity index (χ3v) is 3.99. The van der Waals surface area contributed by atoms with Gasteiger partial charge in [0.2, 0.25) is 0 Å². The third-order valence-electron chi connectivity index (χ3n) is 3.99. The van der Waals surface area contributed by atoms with E-state index in [2.05, 4.69) is 60.5 Å². The Morgan fingerprint density at radius 2 is 1.36 bits per heavy atom. The van der Waals surface area contributed by atoms with Gasteiger partial charge in [-0.1, -0.05) is 36.4 Å². The maximum Gasteiger partial charge on any atom is 0.251 e. The first-order valence-electron chi connectivity index (χ1n) is 9.55. The topological polar surface area (TPSA) is 38.8 Å². The van der Waals surface area contributed by atoms with Crippen LogP contribution in [0.3, 0.4) is 0 Å². The number of hydrogen-bond donors (Lipinski definition) is 1. The SMILES string of the molecule is CN(C)CCN(C)Cc1cc[c]cc1.CN(C)CCNC(=O)c1cc[c]cc1. The van der Waals surface area contributed by atoms with E-state index in [0.717, 1.165) is 26.2 Å². The smallest absolute Gasteiger partial charge is 0.251 e. The Bertz CT molecular complexity index is 644. The maximum absolute atomic E-state index is 11.5. The molecule has 0 saturated carbocycles. The fourth-order valence-electron chi connectivity index (χ4n) is 2.32. The summed E-state index contributed by atoms with van der Waals surface area (Å²) in [6.45, 7) is 4.75. The van der Waals surface area contributed by atoms with Crippen LogP contribution in [0.2, 0.25) is 0 Å². The van der Waals surface area contributed by atoms with Crippen LogP contribution < -0.4 is 5.32 Å². The van der Waals surface area contributed by atoms with E-state index in [1.54, 1.807) is 24.3 Å². The molecule has 0 aliphatic carbocycles. The number of nitrogens with zero attached hydrogens (tertiary/aromatic N) is 3. The molecule has 0 atom stereocenters. The minimum Gasteiger partial charge on any atom is -0.351 e. The monoisotopic (exact) mass is 382 g/mol. The van der Waals surface area contributed by atoms with E-state index >= 15 is 0 Å². The number of amides is 1. The quantitative estimate of drug-likeness (QED) is 0.722. The summed E-state index contributed by atoms with van der Waals surface area (Å²) in [5.74, 6) is -0.0270. The second-order valence-corrected chi connectivity index (χ2v) is 7.30. The summed E-state index contributed by atoms with van der Waals surface area (Å²) in [5.41, 5.74) is 2.03. The molecule has 2 aromatic carbocycles. The number of carbonyl (C=O) groups excluding carboxylic acids is 1. The van der Waals surface area contributed by atoms with Crippen molar-refractivity contribution in [2.75, 3.05) is 61.4 Å². The summed E-state index contributed by atoms with van der Waals surface area (Å²) in [6, 6.07) is 21.1. The average molecular weight is 383 g/mol. The molecule has 0 heterocycles. The van der Waals surface area contributed by atoms with Crippen LogP contribution in [0, 0.1) is 12.1 Å². The van der Waals surface area contributed by atoms with Crippen LogP contribution in [-0.2, 0) is 6.54 Å². The van der Waals surface area contributed by atoms with Gasteiger partial charge in [0, 0.05) is 38.3 Å². The Balaban J connectivity index is 0.000000280. The van der Waals surface area contributed by atoms with Gasteiger partial charge in [-0.05, 0) is 65.1 Å². The van der Waals surface area contributed by atoms with Crippen molar-refractivity contribution in [3.05, 3.63) is 71.8 Å². The number of benzene rings is 2. The molecule has 0 spiro atoms. The third kappa shape index (κ3) is 11.5. The van der Waals surface area contributed by atoms with Gasteiger partial charge in [0.1, 0.15) is 0 Å². The van der Waals surface area contributed by atoms with Gasteiger partial charge in [0.05, 0.1) is 0 Å². The van der Waals surface area contributed by atoms with Crippen LogP contribution in [-0.4, -0.2) is 82.0 Å². The lowest BCUT2D eigenvalue weighted by molar-refractivity contribution is 0.0951. The summed E-state index contributed by atoms with van der Waals surface area (Å²) >= 11 is 0. The zero-order valence-corrected chi connectivity index (χ0v) is 17.9. The molecule has 1 N–H and O–H groups in total. The average Bonchev–Trinajstić information content (AvgIpc) is 2.68. The Morgan fingerprint density at radius 3 is 1.89 bits per heavy atom. The molecule has 0 aliphatic rings. The largest absolute Gasteiger partial charge is 0.351 e. The molecule has 0 unspecified atom stereocenters. The number of likely N-dealkylation sites (N-methyl/N-ethyl adjacent to an activating group) is 3. The highest BCUT2D eigenvalue weighted by molar-refractivity contribution is 5.94. The van der Waals surface area contributed by atoms with Gasteiger partial charge < -0.3 is 20.0 Å². The summed E-state index contributed by atoms with van der Waals surface area (Å²) in [7, 11) is 10.3. The molecule has 0 bridgehead atoms. The van der Waals surface area contributed by atoms with E-state index in [0.29, 0.717) is 12.1 Å². The predicted molar refractivity (Wildman–Crippen MR) is 116 cm³/mol. The van der Waals surface area contributed by atoms with Crippen LogP contribution in [0.1, 0.15) is 15.9 Å². The highest BCUT2D eigenvalue weighted by Crippen LogP contribution is 2.01. The van der Waals surface area contributed by atoms with Gasteiger partial charge in [-0.15, -0.1) is 0 Å². The molecular weight excluding hydrogens is 348 g/mol. The van der Waals surface area contributed by atoms with Crippen molar-refractivity contribution in [2.24, 2.45) is 0 Å². The van der Waals surface area contributed by atoms with E-state index in [4.69, 9.17) is 0 Å². The maximum atomic E-state index is 11.5. The Hall–Kier alpha value is -2.21. The molecule has 0 fully saturated rings. The first-order chi connectivity index (χ1) is 13.4. The van der Waals surface area contributed by atoms with Crippen molar-refractivity contribution in [3.63, 3.8) is 0 Å². The normalized spacial score (nSPS) is 10.7. The summed E-state index contributed by atoms with van der Waals surface area (Å²) < 4.78 is 0. The minimum atomic E-state index is -0.0270. The molecule has 0 aliphatic heterocycles. The van der Waals surface area contributed by atoms with Crippen molar-refractivity contribution in [1.82, 2.24) is 20.0 Å². The number of carbonyl (C=O) groups is 1. The highest BCUT2D eigenvalue weighted by atomic mass is 16.1. The minimum absolute atomic E-state index is 0.0270. The molecule has 0 saturated heterocycles. The fraction of sp³-hybridized carbons (Fsp3) is 0.435. The second-order valence-electron chi connectivity index (χ2n) is 7.30. The molecule has 2 rings (SSSR count). The molecule has 5 heteroatoms. The number of hydrogen-bond acceptors (Lipinski definition) is 4. The van der Waals surface area contributed by atoms with E-state index in [1.807, 2.05) is 31.1 Å². The van der Waals surface area contributed by atoms with Crippen molar-refractivity contribution in [1.29, 1.82) is 0 Å². The second kappa shape index (κ2) is 13.9. The summed E-state index contributed by atoms with van der Waals surface area (Å²) in [6.07, 6.45) is 0. The van der Waals surface area contributed by atoms with Crippen LogP contribution in [0.5, 0.6) is 0 Å². The molecule has 1 amide bonds. The lowest BCUT2D eigenvalue weighted by Gasteiger charge is -2.19. The van der Waals surface area contributed by atoms with Gasteiger partial charge in [-0.2, -0.15) is 0 Å². The van der Waals surface area contributed by atoms with Crippen LogP contribution >= 0.6 is 0 Å². The lowest BCUT2D eigenvalue weighted by Crippen LogP contribution is -2.31. The Kier molecular flexibility index (Phi) is 11.8. The van der Waals surface area contributed by atoms with Gasteiger partial charge in [0.25, 0.3) is 5.91 Å². The first-order valence-corrected chi connectivity index (χ1v) is 9.55. The predicted octanol–water partition coefficient (Wildman–Crippen LogP) is 2.26. The zero-order chi connectivity index (χ0) is 20.8. The molecular formula is C23H34N4O. The Morgan fingerprint density at radius 1 is 0.821 bits per heavy atom. The van der Waals surface area contributed by atoms with Crippen LogP contribution in [0.15, 0.2) is 48.5 Å². The van der Waals surface area contributed by atoms with Crippen LogP contribution in [0.25, 0.3) is 0 Å². The van der Waals surface area contributed by atoms with Crippen molar-refractivity contribution in [2.45, 2.75) is 6.54 Å². The molecule has 152 valence electrons. The van der Waals surface area contributed by atoms with Gasteiger partial charge in [0.15, 0.2) is 0 Å². The van der Waals surface area contributed by atoms with E-state index in [9.17, 15) is 4.79 Å². The molecule has 2 radical (unpaired) electrons. The summed E-state index contributed by atoms with van der Waals surface area (Å²) in [4.78, 5) is 18.0. The van der Waals surface area contributed by atoms with Crippen molar-refractivity contribution in [3.8, 4) is 0 Å². The summed E-state index contributed by atoms with van der Waals surface area (Å²) in [5, 5.41) is 2.84. The number of nitrogens with one attached hydrogen (secondary N) is 1. The first kappa shape index (κ1) is 23.8. The molecule has 5 nitrogen and oxygen atoms in total. The van der Waals surface area contributed by atoms with Gasteiger partial charge in [-0.3, -0.25) is 4.79 Å². The number of rotatable bonds is 9. The van der Waals surface area contributed by atoms with Gasteiger partial charge >= 0.3 is 0 Å². The van der Waals surface area contributed by atoms with Gasteiger partial charge in [-0.25, -0.2) is 0 Å². The lowest BCUT2D eigenvalue weighted by atomic mass is 10.2. The molecule has 28 heavy (non-hydrogen) atoms. The van der Waals surface area contributed by atoms with E-state index in [1.165, 1.54) is 5.56 Å². The van der Waals surface area contributed by atoms with E-state index < -0.39 is 0 Å². The Labute approximate surface area is 170 Å². The van der Waals surface area contributed by atoms with E-state index in [-0.39, 0.29) is 5.91 Å². The van der Waals surface area contributed by atoms with Crippen molar-refractivity contribution < 1.29 is 4.79 Å². The zero-order valence-electron chi connectivity index (χ0n) is 17.9. The standard InChI is InChI=1S/C12H19N2.C11H15N2O/c1-13(2)9-10-14(3)11-12-7-5-4-6-8-12;1-13(2)9-8-12-11(14)10-6-4-3-5-7-10/h5-8H,9-11H2,1-3H3;4-7H,8-9H2,1-2H3,(H,12,14). The fourth-order valence-corrected chi connectivity index (χ4v) is 2.32.